The van der Waals surface area contributed by atoms with E-state index in [9.17, 15) is 30.2 Å². The Kier molecular flexibility index (Phi) is 7.30. The lowest BCUT2D eigenvalue weighted by Crippen LogP contribution is -2.30. The monoisotopic (exact) mass is 566 g/mol. The lowest BCUT2D eigenvalue weighted by molar-refractivity contribution is -0.393. The Hall–Kier alpha value is -6.11. The first-order chi connectivity index (χ1) is 20.2. The van der Waals surface area contributed by atoms with E-state index in [0.717, 1.165) is 28.4 Å². The summed E-state index contributed by atoms with van der Waals surface area (Å²) >= 11 is 0. The van der Waals surface area contributed by atoms with Crippen LogP contribution in [0.4, 0.5) is 17.1 Å². The highest BCUT2D eigenvalue weighted by atomic mass is 16.6. The van der Waals surface area contributed by atoms with Crippen LogP contribution in [0.3, 0.4) is 0 Å². The van der Waals surface area contributed by atoms with Gasteiger partial charge in [-0.1, -0.05) is 41.6 Å². The molecule has 0 radical (unpaired) electrons. The Balaban J connectivity index is 1.75. The molecule has 5 aromatic rings. The molecule has 0 bridgehead atoms. The maximum absolute atomic E-state index is 13.8. The molecule has 1 aromatic heterocycles. The number of oxime groups is 1. The van der Waals surface area contributed by atoms with Crippen molar-refractivity contribution in [1.82, 2.24) is 9.66 Å². The highest BCUT2D eigenvalue weighted by Crippen LogP contribution is 2.31. The Morgan fingerprint density at radius 3 is 2.40 bits per heavy atom. The molecule has 0 aliphatic heterocycles. The fourth-order valence-electron chi connectivity index (χ4n) is 4.59. The van der Waals surface area contributed by atoms with E-state index in [1.807, 2.05) is 6.92 Å². The molecule has 5 rings (SSSR count). The summed E-state index contributed by atoms with van der Waals surface area (Å²) in [6, 6.07) is 21.6. The summed E-state index contributed by atoms with van der Waals surface area (Å²) < 4.78 is 6.37. The van der Waals surface area contributed by atoms with Gasteiger partial charge in [-0.25, -0.2) is 4.98 Å². The third kappa shape index (κ3) is 4.97. The van der Waals surface area contributed by atoms with E-state index in [1.165, 1.54) is 0 Å². The normalized spacial score (nSPS) is 11.3. The summed E-state index contributed by atoms with van der Waals surface area (Å²) in [5.41, 5.74) is 3.53. The van der Waals surface area contributed by atoms with E-state index in [2.05, 4.69) is 10.6 Å². The maximum Gasteiger partial charge on any atom is 0.300 e. The molecule has 42 heavy (non-hydrogen) atoms. The molecule has 0 amide bonds. The van der Waals surface area contributed by atoms with Gasteiger partial charge in [-0.15, -0.1) is 0 Å². The van der Waals surface area contributed by atoms with Gasteiger partial charge in [0, 0.05) is 22.8 Å². The van der Waals surface area contributed by atoms with Crippen LogP contribution in [0.2, 0.25) is 0 Å². The highest BCUT2D eigenvalue weighted by Gasteiger charge is 2.24. The summed E-state index contributed by atoms with van der Waals surface area (Å²) in [4.78, 5) is 40.1. The van der Waals surface area contributed by atoms with Crippen LogP contribution in [0.25, 0.3) is 22.3 Å². The van der Waals surface area contributed by atoms with Crippen molar-refractivity contribution >= 4 is 33.7 Å². The van der Waals surface area contributed by atoms with Crippen LogP contribution in [0.15, 0.2) is 94.9 Å². The number of anilines is 1. The number of fused-ring (bicyclic) bond motifs is 1. The zero-order valence-electron chi connectivity index (χ0n) is 22.2. The van der Waals surface area contributed by atoms with Gasteiger partial charge in [0.1, 0.15) is 17.1 Å². The molecule has 0 unspecified atom stereocenters. The molecule has 0 atom stereocenters. The number of para-hydroxylation sites is 1. The topological polar surface area (TPSA) is 175 Å². The van der Waals surface area contributed by atoms with Crippen LogP contribution >= 0.6 is 0 Å². The van der Waals surface area contributed by atoms with E-state index < -0.39 is 26.8 Å². The zero-order valence-corrected chi connectivity index (χ0v) is 22.2. The molecule has 0 saturated carbocycles. The molecule has 13 heteroatoms. The van der Waals surface area contributed by atoms with Crippen molar-refractivity contribution in [2.24, 2.45) is 5.16 Å². The second kappa shape index (κ2) is 11.2. The van der Waals surface area contributed by atoms with E-state index >= 15 is 0 Å². The Morgan fingerprint density at radius 1 is 0.976 bits per heavy atom. The molecular weight excluding hydrogens is 544 g/mol. The standard InChI is InChI=1S/C29H22N6O7/c1-17-15-18(11-14-26(17)42-2)27(32-37)20-7-3-4-8-21(20)28-30-23-10-6-5-9-22(23)29(36)33(28)31-24-13-12-19(34(38)39)16-25(24)35(40)41/h3-16,31,37H,1-2H3/b32-27+. The molecule has 1 heterocycles. The Bertz CT molecular complexity index is 1970. The van der Waals surface area contributed by atoms with E-state index in [-0.39, 0.29) is 22.6 Å². The minimum Gasteiger partial charge on any atom is -0.496 e. The number of nitrogens with zero attached hydrogens (tertiary/aromatic N) is 5. The van der Waals surface area contributed by atoms with Gasteiger partial charge >= 0.3 is 5.69 Å². The van der Waals surface area contributed by atoms with Crippen LogP contribution in [0.5, 0.6) is 5.75 Å². The molecular formula is C29H22N6O7. The number of nitro groups is 2. The van der Waals surface area contributed by atoms with Crippen molar-refractivity contribution in [2.75, 3.05) is 12.5 Å². The number of non-ortho nitro benzene ring substituents is 1. The number of methoxy groups -OCH3 is 1. The number of rotatable bonds is 8. The van der Waals surface area contributed by atoms with Gasteiger partial charge in [0.05, 0.1) is 33.9 Å². The first kappa shape index (κ1) is 27.5. The smallest absolute Gasteiger partial charge is 0.300 e. The number of hydrogen-bond acceptors (Lipinski definition) is 10. The average molecular weight is 567 g/mol. The minimum atomic E-state index is -0.787. The summed E-state index contributed by atoms with van der Waals surface area (Å²) in [5, 5.41) is 37.0. The van der Waals surface area contributed by atoms with Gasteiger partial charge in [0.2, 0.25) is 0 Å². The largest absolute Gasteiger partial charge is 0.496 e. The fourth-order valence-corrected chi connectivity index (χ4v) is 4.59. The third-order valence-electron chi connectivity index (χ3n) is 6.59. The predicted molar refractivity (Wildman–Crippen MR) is 155 cm³/mol. The van der Waals surface area contributed by atoms with Crippen molar-refractivity contribution in [3.8, 4) is 17.1 Å². The van der Waals surface area contributed by atoms with Crippen LogP contribution < -0.4 is 15.7 Å². The van der Waals surface area contributed by atoms with Gasteiger partial charge in [0.15, 0.2) is 5.82 Å². The van der Waals surface area contributed by atoms with Gasteiger partial charge in [-0.2, -0.15) is 4.68 Å². The van der Waals surface area contributed by atoms with Gasteiger partial charge in [-0.3, -0.25) is 30.4 Å². The molecule has 0 aliphatic rings. The summed E-state index contributed by atoms with van der Waals surface area (Å²) in [5.74, 6) is 0.691. The molecule has 0 aliphatic carbocycles. The van der Waals surface area contributed by atoms with E-state index in [4.69, 9.17) is 9.72 Å². The fraction of sp³-hybridized carbons (Fsp3) is 0.0690. The first-order valence-electron chi connectivity index (χ1n) is 12.4. The summed E-state index contributed by atoms with van der Waals surface area (Å²) in [7, 11) is 1.55. The quantitative estimate of drug-likeness (QED) is 0.109. The minimum absolute atomic E-state index is 0.0494. The second-order valence-electron chi connectivity index (χ2n) is 9.10. The zero-order chi connectivity index (χ0) is 30.0. The molecule has 13 nitrogen and oxygen atoms in total. The lowest BCUT2D eigenvalue weighted by Gasteiger charge is -2.18. The number of aryl methyl sites for hydroxylation is 1. The van der Waals surface area contributed by atoms with Gasteiger partial charge in [0.25, 0.3) is 11.2 Å². The van der Waals surface area contributed by atoms with E-state index in [0.29, 0.717) is 28.0 Å². The van der Waals surface area contributed by atoms with Crippen LogP contribution in [0, 0.1) is 27.2 Å². The van der Waals surface area contributed by atoms with Crippen LogP contribution in [-0.2, 0) is 0 Å². The number of nitro benzene ring substituents is 2. The number of aromatic nitrogens is 2. The second-order valence-corrected chi connectivity index (χ2v) is 9.10. The third-order valence-corrected chi connectivity index (χ3v) is 6.59. The van der Waals surface area contributed by atoms with Crippen LogP contribution in [0.1, 0.15) is 16.7 Å². The molecule has 2 N–H and O–H groups in total. The van der Waals surface area contributed by atoms with E-state index in [1.54, 1.807) is 73.8 Å². The molecule has 4 aromatic carbocycles. The first-order valence-corrected chi connectivity index (χ1v) is 12.4. The Labute approximate surface area is 237 Å². The van der Waals surface area contributed by atoms with Crippen molar-refractivity contribution in [3.05, 3.63) is 132 Å². The molecule has 0 spiro atoms. The Morgan fingerprint density at radius 2 is 1.71 bits per heavy atom. The maximum atomic E-state index is 13.8. The van der Waals surface area contributed by atoms with Crippen molar-refractivity contribution < 1.29 is 19.8 Å². The molecule has 0 fully saturated rings. The summed E-state index contributed by atoms with van der Waals surface area (Å²) in [6.45, 7) is 1.84. The lowest BCUT2D eigenvalue weighted by atomic mass is 9.95. The van der Waals surface area contributed by atoms with Crippen LogP contribution in [-0.4, -0.2) is 37.5 Å². The van der Waals surface area contributed by atoms with Crippen molar-refractivity contribution in [1.29, 1.82) is 0 Å². The average Bonchev–Trinajstić information content (AvgIpc) is 2.99. The summed E-state index contributed by atoms with van der Waals surface area (Å²) in [6.07, 6.45) is 0. The number of hydrogen-bond donors (Lipinski definition) is 2. The number of benzene rings is 4. The highest BCUT2D eigenvalue weighted by molar-refractivity contribution is 6.16. The number of ether oxygens (including phenoxy) is 1. The van der Waals surface area contributed by atoms with Gasteiger partial charge < -0.3 is 9.94 Å². The predicted octanol–water partition coefficient (Wildman–Crippen LogP) is 5.30. The molecule has 210 valence electrons. The van der Waals surface area contributed by atoms with Gasteiger partial charge in [-0.05, 0) is 48.9 Å². The van der Waals surface area contributed by atoms with Crippen molar-refractivity contribution in [3.63, 3.8) is 0 Å². The number of nitrogens with one attached hydrogen (secondary N) is 1. The van der Waals surface area contributed by atoms with Crippen molar-refractivity contribution in [2.45, 2.75) is 6.92 Å². The molecule has 0 saturated heterocycles. The SMILES string of the molecule is COc1ccc(/C(=N\O)c2ccccc2-c2nc3ccccc3c(=O)n2Nc2ccc([N+](=O)[O-])cc2[N+](=O)[O-])cc1C.